The lowest BCUT2D eigenvalue weighted by Crippen LogP contribution is -2.33. The molecule has 100 valence electrons. The fourth-order valence-electron chi connectivity index (χ4n) is 1.80. The van der Waals surface area contributed by atoms with Gasteiger partial charge >= 0.3 is 0 Å². The number of carbonyl (C=O) groups excluding carboxylic acids is 1. The Morgan fingerprint density at radius 1 is 1.33 bits per heavy atom. The molecular weight excluding hydrogens is 246 g/mol. The van der Waals surface area contributed by atoms with Crippen molar-refractivity contribution >= 4 is 16.7 Å². The standard InChI is InChI=1S/C14H21NO2S/c1-4-13(5-2)15-14(16)12-8-6-7-11(9-12)10-18(3)17/h6-9,13H,4-5,10H2,1-3H3,(H,15,16). The van der Waals surface area contributed by atoms with Gasteiger partial charge in [-0.3, -0.25) is 9.00 Å². The molecule has 18 heavy (non-hydrogen) atoms. The molecule has 1 amide bonds. The molecule has 1 aromatic rings. The Morgan fingerprint density at radius 2 is 2.00 bits per heavy atom. The van der Waals surface area contributed by atoms with Crippen LogP contribution in [-0.4, -0.2) is 22.4 Å². The van der Waals surface area contributed by atoms with Crippen LogP contribution >= 0.6 is 0 Å². The molecule has 0 saturated heterocycles. The summed E-state index contributed by atoms with van der Waals surface area (Å²) in [6.07, 6.45) is 3.53. The van der Waals surface area contributed by atoms with Crippen molar-refractivity contribution in [1.29, 1.82) is 0 Å². The largest absolute Gasteiger partial charge is 0.349 e. The third-order valence-corrected chi connectivity index (χ3v) is 3.62. The van der Waals surface area contributed by atoms with Gasteiger partial charge in [0.15, 0.2) is 0 Å². The Kier molecular flexibility index (Phi) is 6.05. The summed E-state index contributed by atoms with van der Waals surface area (Å²) in [7, 11) is -0.884. The van der Waals surface area contributed by atoms with Crippen molar-refractivity contribution in [3.8, 4) is 0 Å². The van der Waals surface area contributed by atoms with Crippen LogP contribution in [0.1, 0.15) is 42.6 Å². The lowest BCUT2D eigenvalue weighted by atomic mass is 10.1. The van der Waals surface area contributed by atoms with Crippen LogP contribution in [0.3, 0.4) is 0 Å². The van der Waals surface area contributed by atoms with Crippen molar-refractivity contribution in [3.05, 3.63) is 35.4 Å². The van der Waals surface area contributed by atoms with Gasteiger partial charge in [-0.2, -0.15) is 0 Å². The predicted octanol–water partition coefficient (Wildman–Crippen LogP) is 2.48. The second kappa shape index (κ2) is 7.31. The van der Waals surface area contributed by atoms with Crippen LogP contribution in [0.2, 0.25) is 0 Å². The SMILES string of the molecule is CCC(CC)NC(=O)c1cccc(CS(C)=O)c1. The Morgan fingerprint density at radius 3 is 2.56 bits per heavy atom. The molecule has 0 aliphatic rings. The highest BCUT2D eigenvalue weighted by Gasteiger charge is 2.11. The van der Waals surface area contributed by atoms with Gasteiger partial charge in [-0.25, -0.2) is 0 Å². The fourth-order valence-corrected chi connectivity index (χ4v) is 2.45. The number of carbonyl (C=O) groups is 1. The number of rotatable bonds is 6. The van der Waals surface area contributed by atoms with Gasteiger partial charge in [-0.05, 0) is 30.5 Å². The first-order chi connectivity index (χ1) is 8.56. The Bertz CT molecular complexity index is 428. The molecule has 0 aliphatic heterocycles. The maximum Gasteiger partial charge on any atom is 0.251 e. The van der Waals surface area contributed by atoms with E-state index in [1.165, 1.54) is 0 Å². The Labute approximate surface area is 111 Å². The lowest BCUT2D eigenvalue weighted by molar-refractivity contribution is 0.0934. The van der Waals surface area contributed by atoms with Crippen molar-refractivity contribution in [2.45, 2.75) is 38.5 Å². The Hall–Kier alpha value is -1.16. The van der Waals surface area contributed by atoms with Gasteiger partial charge in [0.1, 0.15) is 0 Å². The molecule has 0 bridgehead atoms. The first kappa shape index (κ1) is 14.9. The first-order valence-corrected chi connectivity index (χ1v) is 7.99. The summed E-state index contributed by atoms with van der Waals surface area (Å²) in [5, 5.41) is 3.00. The molecule has 1 atom stereocenters. The number of hydrogen-bond donors (Lipinski definition) is 1. The molecule has 0 aliphatic carbocycles. The topological polar surface area (TPSA) is 46.2 Å². The molecule has 1 unspecified atom stereocenters. The lowest BCUT2D eigenvalue weighted by Gasteiger charge is -2.14. The van der Waals surface area contributed by atoms with Crippen LogP contribution in [0.15, 0.2) is 24.3 Å². The molecule has 0 aromatic heterocycles. The number of amides is 1. The zero-order valence-corrected chi connectivity index (χ0v) is 12.0. The second-order valence-electron chi connectivity index (χ2n) is 4.40. The molecule has 0 saturated carbocycles. The van der Waals surface area contributed by atoms with Gasteiger partial charge < -0.3 is 5.32 Å². The molecule has 4 heteroatoms. The molecule has 0 radical (unpaired) electrons. The van der Waals surface area contributed by atoms with Gasteiger partial charge in [-0.1, -0.05) is 26.0 Å². The normalized spacial score (nSPS) is 12.4. The summed E-state index contributed by atoms with van der Waals surface area (Å²) < 4.78 is 11.2. The minimum absolute atomic E-state index is 0.0487. The maximum absolute atomic E-state index is 12.0. The van der Waals surface area contributed by atoms with Crippen molar-refractivity contribution in [1.82, 2.24) is 5.32 Å². The highest BCUT2D eigenvalue weighted by atomic mass is 32.2. The highest BCUT2D eigenvalue weighted by molar-refractivity contribution is 7.83. The minimum atomic E-state index is -0.884. The highest BCUT2D eigenvalue weighted by Crippen LogP contribution is 2.08. The van der Waals surface area contributed by atoms with E-state index in [0.29, 0.717) is 11.3 Å². The van der Waals surface area contributed by atoms with Crippen molar-refractivity contribution in [2.24, 2.45) is 0 Å². The van der Waals surface area contributed by atoms with Crippen LogP contribution in [0, 0.1) is 0 Å². The fraction of sp³-hybridized carbons (Fsp3) is 0.500. The van der Waals surface area contributed by atoms with Gasteiger partial charge in [0.2, 0.25) is 0 Å². The summed E-state index contributed by atoms with van der Waals surface area (Å²) in [4.78, 5) is 12.0. The maximum atomic E-state index is 12.0. The smallest absolute Gasteiger partial charge is 0.251 e. The van der Waals surface area contributed by atoms with Crippen LogP contribution in [-0.2, 0) is 16.6 Å². The zero-order chi connectivity index (χ0) is 13.5. The third kappa shape index (κ3) is 4.61. The summed E-state index contributed by atoms with van der Waals surface area (Å²) in [6.45, 7) is 4.12. The summed E-state index contributed by atoms with van der Waals surface area (Å²) >= 11 is 0. The third-order valence-electron chi connectivity index (χ3n) is 2.88. The van der Waals surface area contributed by atoms with Crippen molar-refractivity contribution in [2.75, 3.05) is 6.26 Å². The number of nitrogens with one attached hydrogen (secondary N) is 1. The van der Waals surface area contributed by atoms with Gasteiger partial charge in [-0.15, -0.1) is 0 Å². The molecule has 0 spiro atoms. The van der Waals surface area contributed by atoms with Crippen LogP contribution < -0.4 is 5.32 Å². The van der Waals surface area contributed by atoms with E-state index in [1.54, 1.807) is 12.3 Å². The van der Waals surface area contributed by atoms with Gasteiger partial charge in [0, 0.05) is 34.4 Å². The van der Waals surface area contributed by atoms with E-state index < -0.39 is 10.8 Å². The quantitative estimate of drug-likeness (QED) is 0.860. The summed E-state index contributed by atoms with van der Waals surface area (Å²) in [5.74, 6) is 0.443. The molecular formula is C14H21NO2S. The van der Waals surface area contributed by atoms with Crippen LogP contribution in [0.25, 0.3) is 0 Å². The van der Waals surface area contributed by atoms with E-state index in [1.807, 2.05) is 18.2 Å². The van der Waals surface area contributed by atoms with Crippen molar-refractivity contribution in [3.63, 3.8) is 0 Å². The van der Waals surface area contributed by atoms with Crippen LogP contribution in [0.4, 0.5) is 0 Å². The molecule has 0 fully saturated rings. The summed E-state index contributed by atoms with van der Waals surface area (Å²) in [5.41, 5.74) is 1.58. The van der Waals surface area contributed by atoms with E-state index in [2.05, 4.69) is 19.2 Å². The molecule has 3 nitrogen and oxygen atoms in total. The number of benzene rings is 1. The monoisotopic (exact) mass is 267 g/mol. The van der Waals surface area contributed by atoms with E-state index in [4.69, 9.17) is 0 Å². The van der Waals surface area contributed by atoms with E-state index in [9.17, 15) is 9.00 Å². The summed E-state index contributed by atoms with van der Waals surface area (Å²) in [6, 6.07) is 7.57. The van der Waals surface area contributed by atoms with E-state index >= 15 is 0 Å². The minimum Gasteiger partial charge on any atom is -0.349 e. The average Bonchev–Trinajstić information content (AvgIpc) is 2.35. The predicted molar refractivity (Wildman–Crippen MR) is 76.0 cm³/mol. The molecule has 1 rings (SSSR count). The van der Waals surface area contributed by atoms with Crippen LogP contribution in [0.5, 0.6) is 0 Å². The van der Waals surface area contributed by atoms with E-state index in [0.717, 1.165) is 18.4 Å². The van der Waals surface area contributed by atoms with Gasteiger partial charge in [0.25, 0.3) is 5.91 Å². The number of hydrogen-bond acceptors (Lipinski definition) is 2. The molecule has 1 N–H and O–H groups in total. The molecule has 0 heterocycles. The molecule has 1 aromatic carbocycles. The van der Waals surface area contributed by atoms with E-state index in [-0.39, 0.29) is 11.9 Å². The zero-order valence-electron chi connectivity index (χ0n) is 11.2. The average molecular weight is 267 g/mol. The van der Waals surface area contributed by atoms with Gasteiger partial charge in [0.05, 0.1) is 0 Å². The first-order valence-electron chi connectivity index (χ1n) is 6.26. The second-order valence-corrected chi connectivity index (χ2v) is 5.84. The Balaban J connectivity index is 2.76. The van der Waals surface area contributed by atoms with Crippen molar-refractivity contribution < 1.29 is 9.00 Å².